The molecule has 118 valence electrons. The smallest absolute Gasteiger partial charge is 0.128 e. The highest BCUT2D eigenvalue weighted by atomic mass is 19.1. The Morgan fingerprint density at radius 1 is 1.00 bits per heavy atom. The summed E-state index contributed by atoms with van der Waals surface area (Å²) in [5.41, 5.74) is 0.791. The number of halogens is 2. The van der Waals surface area contributed by atoms with E-state index >= 15 is 0 Å². The molecule has 1 aromatic carbocycles. The maximum absolute atomic E-state index is 14.0. The summed E-state index contributed by atoms with van der Waals surface area (Å²) in [5, 5.41) is 3.47. The van der Waals surface area contributed by atoms with Gasteiger partial charge in [0.1, 0.15) is 11.6 Å². The van der Waals surface area contributed by atoms with Crippen LogP contribution in [-0.2, 0) is 0 Å². The average Bonchev–Trinajstić information content (AvgIpc) is 2.71. The van der Waals surface area contributed by atoms with E-state index in [0.717, 1.165) is 0 Å². The van der Waals surface area contributed by atoms with Crippen LogP contribution in [0.15, 0.2) is 12.1 Å². The van der Waals surface area contributed by atoms with Gasteiger partial charge >= 0.3 is 0 Å². The average molecular weight is 295 g/mol. The van der Waals surface area contributed by atoms with E-state index in [2.05, 4.69) is 12.2 Å². The minimum Gasteiger partial charge on any atom is -0.307 e. The standard InChI is InChI=1S/C18H27F2N/c1-12-10-18(20)16(11-17(12)19)14(3)21-13(2)15-8-6-4-5-7-9-15/h10-11,13-15,21H,4-9H2,1-3H3/t13-,14?/m0/s1. The zero-order valence-electron chi connectivity index (χ0n) is 13.4. The van der Waals surface area contributed by atoms with Gasteiger partial charge in [-0.25, -0.2) is 8.78 Å². The number of rotatable bonds is 4. The molecule has 1 N–H and O–H groups in total. The molecule has 0 aliphatic heterocycles. The normalized spacial score (nSPS) is 20.0. The highest BCUT2D eigenvalue weighted by Crippen LogP contribution is 2.28. The Bertz CT molecular complexity index is 465. The van der Waals surface area contributed by atoms with Crippen LogP contribution in [0, 0.1) is 24.5 Å². The Hall–Kier alpha value is -0.960. The summed E-state index contributed by atoms with van der Waals surface area (Å²) in [6.45, 7) is 5.68. The van der Waals surface area contributed by atoms with Gasteiger partial charge in [0.05, 0.1) is 0 Å². The number of hydrogen-bond acceptors (Lipinski definition) is 1. The molecule has 1 aliphatic carbocycles. The van der Waals surface area contributed by atoms with Gasteiger partial charge in [-0.15, -0.1) is 0 Å². The molecule has 0 amide bonds. The molecule has 1 aliphatic rings. The van der Waals surface area contributed by atoms with E-state index < -0.39 is 0 Å². The highest BCUT2D eigenvalue weighted by Gasteiger charge is 2.22. The van der Waals surface area contributed by atoms with Gasteiger partial charge in [0.15, 0.2) is 0 Å². The SMILES string of the molecule is Cc1cc(F)c(C(C)N[C@@H](C)C2CCCCCC2)cc1F. The van der Waals surface area contributed by atoms with E-state index in [4.69, 9.17) is 0 Å². The van der Waals surface area contributed by atoms with Crippen molar-refractivity contribution in [2.75, 3.05) is 0 Å². The van der Waals surface area contributed by atoms with Gasteiger partial charge in [-0.1, -0.05) is 25.7 Å². The van der Waals surface area contributed by atoms with E-state index in [1.165, 1.54) is 50.7 Å². The van der Waals surface area contributed by atoms with Crippen LogP contribution < -0.4 is 5.32 Å². The summed E-state index contributed by atoms with van der Waals surface area (Å²) >= 11 is 0. The molecule has 0 aromatic heterocycles. The molecular weight excluding hydrogens is 268 g/mol. The van der Waals surface area contributed by atoms with Gasteiger partial charge in [0, 0.05) is 17.6 Å². The quantitative estimate of drug-likeness (QED) is 0.745. The van der Waals surface area contributed by atoms with Crippen LogP contribution >= 0.6 is 0 Å². The molecule has 0 spiro atoms. The third kappa shape index (κ3) is 4.26. The minimum absolute atomic E-state index is 0.168. The Morgan fingerprint density at radius 3 is 2.24 bits per heavy atom. The van der Waals surface area contributed by atoms with Crippen molar-refractivity contribution >= 4 is 0 Å². The first-order valence-electron chi connectivity index (χ1n) is 8.20. The fourth-order valence-corrected chi connectivity index (χ4v) is 3.42. The monoisotopic (exact) mass is 295 g/mol. The predicted octanol–water partition coefficient (Wildman–Crippen LogP) is 5.28. The van der Waals surface area contributed by atoms with Crippen LogP contribution in [0.3, 0.4) is 0 Å². The van der Waals surface area contributed by atoms with Gasteiger partial charge in [0.25, 0.3) is 0 Å². The van der Waals surface area contributed by atoms with Crippen molar-refractivity contribution in [3.63, 3.8) is 0 Å². The zero-order chi connectivity index (χ0) is 15.4. The Kier molecular flexibility index (Phi) is 5.74. The fourth-order valence-electron chi connectivity index (χ4n) is 3.42. The van der Waals surface area contributed by atoms with Gasteiger partial charge in [-0.05, 0) is 57.2 Å². The molecule has 0 bridgehead atoms. The number of nitrogens with one attached hydrogen (secondary N) is 1. The molecule has 1 saturated carbocycles. The first-order valence-corrected chi connectivity index (χ1v) is 8.20. The maximum atomic E-state index is 14.0. The second-order valence-corrected chi connectivity index (χ2v) is 6.55. The molecule has 1 unspecified atom stereocenters. The van der Waals surface area contributed by atoms with Crippen molar-refractivity contribution in [3.05, 3.63) is 34.9 Å². The van der Waals surface area contributed by atoms with Gasteiger partial charge in [-0.3, -0.25) is 0 Å². The molecule has 0 saturated heterocycles. The van der Waals surface area contributed by atoms with Crippen molar-refractivity contribution in [2.45, 2.75) is 71.4 Å². The van der Waals surface area contributed by atoms with E-state index in [9.17, 15) is 8.78 Å². The van der Waals surface area contributed by atoms with Crippen molar-refractivity contribution < 1.29 is 8.78 Å². The summed E-state index contributed by atoms with van der Waals surface area (Å²) in [6.07, 6.45) is 7.72. The predicted molar refractivity (Wildman–Crippen MR) is 83.3 cm³/mol. The molecule has 1 aromatic rings. The van der Waals surface area contributed by atoms with Gasteiger partial charge < -0.3 is 5.32 Å². The second-order valence-electron chi connectivity index (χ2n) is 6.55. The highest BCUT2D eigenvalue weighted by molar-refractivity contribution is 5.27. The molecule has 2 rings (SSSR count). The van der Waals surface area contributed by atoms with Crippen LogP contribution in [0.2, 0.25) is 0 Å². The van der Waals surface area contributed by atoms with E-state index in [-0.39, 0.29) is 17.7 Å². The lowest BCUT2D eigenvalue weighted by molar-refractivity contribution is 0.313. The Labute approximate surface area is 127 Å². The molecule has 0 heterocycles. The molecule has 0 radical (unpaired) electrons. The third-order valence-corrected chi connectivity index (χ3v) is 4.86. The van der Waals surface area contributed by atoms with Gasteiger partial charge in [0.2, 0.25) is 0 Å². The number of benzene rings is 1. The van der Waals surface area contributed by atoms with E-state index in [1.54, 1.807) is 6.92 Å². The molecule has 2 atom stereocenters. The van der Waals surface area contributed by atoms with Gasteiger partial charge in [-0.2, -0.15) is 0 Å². The van der Waals surface area contributed by atoms with Crippen LogP contribution in [-0.4, -0.2) is 6.04 Å². The fraction of sp³-hybridized carbons (Fsp3) is 0.667. The van der Waals surface area contributed by atoms with E-state index in [0.29, 0.717) is 23.1 Å². The summed E-state index contributed by atoms with van der Waals surface area (Å²) < 4.78 is 27.7. The van der Waals surface area contributed by atoms with Crippen molar-refractivity contribution in [1.29, 1.82) is 0 Å². The van der Waals surface area contributed by atoms with Crippen molar-refractivity contribution in [1.82, 2.24) is 5.32 Å². The topological polar surface area (TPSA) is 12.0 Å². The number of aryl methyl sites for hydroxylation is 1. The lowest BCUT2D eigenvalue weighted by Crippen LogP contribution is -2.35. The van der Waals surface area contributed by atoms with Crippen LogP contribution in [0.1, 0.15) is 69.5 Å². The first kappa shape index (κ1) is 16.4. The van der Waals surface area contributed by atoms with E-state index in [1.807, 2.05) is 6.92 Å². The molecular formula is C18H27F2N. The lowest BCUT2D eigenvalue weighted by atomic mass is 9.92. The second kappa shape index (κ2) is 7.35. The summed E-state index contributed by atoms with van der Waals surface area (Å²) in [5.74, 6) is -0.00237. The zero-order valence-corrected chi connectivity index (χ0v) is 13.4. The van der Waals surface area contributed by atoms with Crippen LogP contribution in [0.5, 0.6) is 0 Å². The summed E-state index contributed by atoms with van der Waals surface area (Å²) in [6, 6.07) is 2.79. The third-order valence-electron chi connectivity index (χ3n) is 4.86. The Morgan fingerprint density at radius 2 is 1.62 bits per heavy atom. The molecule has 1 nitrogen and oxygen atoms in total. The first-order chi connectivity index (χ1) is 9.99. The summed E-state index contributed by atoms with van der Waals surface area (Å²) in [4.78, 5) is 0. The minimum atomic E-state index is -0.331. The largest absolute Gasteiger partial charge is 0.307 e. The van der Waals surface area contributed by atoms with Crippen molar-refractivity contribution in [2.24, 2.45) is 5.92 Å². The molecule has 21 heavy (non-hydrogen) atoms. The number of hydrogen-bond donors (Lipinski definition) is 1. The maximum Gasteiger partial charge on any atom is 0.128 e. The van der Waals surface area contributed by atoms with Crippen molar-refractivity contribution in [3.8, 4) is 0 Å². The van der Waals surface area contributed by atoms with Crippen LogP contribution in [0.25, 0.3) is 0 Å². The Balaban J connectivity index is 2.03. The van der Waals surface area contributed by atoms with Crippen LogP contribution in [0.4, 0.5) is 8.78 Å². The molecule has 1 fully saturated rings. The lowest BCUT2D eigenvalue weighted by Gasteiger charge is -2.27. The molecule has 3 heteroatoms. The summed E-state index contributed by atoms with van der Waals surface area (Å²) in [7, 11) is 0.